The number of nitrogens with two attached hydrogens (primary N) is 1. The second kappa shape index (κ2) is 10.0. The molecule has 1 unspecified atom stereocenters. The van der Waals surface area contributed by atoms with Gasteiger partial charge in [0.25, 0.3) is 17.7 Å². The van der Waals surface area contributed by atoms with Crippen LogP contribution in [0.4, 0.5) is 15.1 Å². The fourth-order valence-corrected chi connectivity index (χ4v) is 5.10. The van der Waals surface area contributed by atoms with Crippen LogP contribution in [-0.4, -0.2) is 23.8 Å². The lowest BCUT2D eigenvalue weighted by Crippen LogP contribution is -2.30. The van der Waals surface area contributed by atoms with Crippen LogP contribution in [-0.2, 0) is 17.6 Å². The second-order valence-corrected chi connectivity index (χ2v) is 9.12. The van der Waals surface area contributed by atoms with Crippen LogP contribution >= 0.6 is 11.3 Å². The SMILES string of the molecule is CC(Oc1ccc(C(=O)Nc2sc3c(c2C(N)=O)CCCC3)cc1)C(=O)Nc1ccc(F)cc1. The highest BCUT2D eigenvalue weighted by atomic mass is 32.1. The van der Waals surface area contributed by atoms with Gasteiger partial charge in [-0.3, -0.25) is 14.4 Å². The van der Waals surface area contributed by atoms with Gasteiger partial charge in [-0.25, -0.2) is 4.39 Å². The predicted molar refractivity (Wildman–Crippen MR) is 129 cm³/mol. The summed E-state index contributed by atoms with van der Waals surface area (Å²) in [5, 5.41) is 5.95. The van der Waals surface area contributed by atoms with Crippen molar-refractivity contribution in [3.8, 4) is 5.75 Å². The smallest absolute Gasteiger partial charge is 0.265 e. The minimum Gasteiger partial charge on any atom is -0.481 e. The minimum atomic E-state index is -0.819. The first-order chi connectivity index (χ1) is 16.3. The quantitative estimate of drug-likeness (QED) is 0.461. The lowest BCUT2D eigenvalue weighted by atomic mass is 9.95. The molecule has 1 atom stereocenters. The lowest BCUT2D eigenvalue weighted by molar-refractivity contribution is -0.122. The molecule has 0 saturated carbocycles. The Bertz CT molecular complexity index is 1220. The van der Waals surface area contributed by atoms with Crippen molar-refractivity contribution < 1.29 is 23.5 Å². The molecule has 0 fully saturated rings. The number of hydrogen-bond acceptors (Lipinski definition) is 5. The number of thiophene rings is 1. The summed E-state index contributed by atoms with van der Waals surface area (Å²) in [6.07, 6.45) is 2.91. The lowest BCUT2D eigenvalue weighted by Gasteiger charge is -2.15. The summed E-state index contributed by atoms with van der Waals surface area (Å²) < 4.78 is 18.7. The van der Waals surface area contributed by atoms with Gasteiger partial charge in [0.2, 0.25) is 0 Å². The van der Waals surface area contributed by atoms with Crippen molar-refractivity contribution in [2.75, 3.05) is 10.6 Å². The Morgan fingerprint density at radius 2 is 1.68 bits per heavy atom. The van der Waals surface area contributed by atoms with Gasteiger partial charge in [0.15, 0.2) is 6.10 Å². The van der Waals surface area contributed by atoms with E-state index in [9.17, 15) is 18.8 Å². The van der Waals surface area contributed by atoms with E-state index in [1.807, 2.05) is 0 Å². The third kappa shape index (κ3) is 5.26. The molecule has 34 heavy (non-hydrogen) atoms. The summed E-state index contributed by atoms with van der Waals surface area (Å²) in [7, 11) is 0. The van der Waals surface area contributed by atoms with E-state index < -0.39 is 23.7 Å². The number of aryl methyl sites for hydroxylation is 1. The summed E-state index contributed by atoms with van der Waals surface area (Å²) in [6, 6.07) is 11.8. The maximum Gasteiger partial charge on any atom is 0.265 e. The van der Waals surface area contributed by atoms with Crippen molar-refractivity contribution >= 4 is 39.7 Å². The molecule has 3 aromatic rings. The zero-order chi connectivity index (χ0) is 24.2. The molecule has 176 valence electrons. The Balaban J connectivity index is 1.39. The molecular weight excluding hydrogens is 457 g/mol. The van der Waals surface area contributed by atoms with E-state index in [0.717, 1.165) is 36.1 Å². The van der Waals surface area contributed by atoms with Crippen molar-refractivity contribution in [1.29, 1.82) is 0 Å². The minimum absolute atomic E-state index is 0.366. The number of carbonyl (C=O) groups is 3. The number of ether oxygens (including phenoxy) is 1. The van der Waals surface area contributed by atoms with Crippen LogP contribution in [0.3, 0.4) is 0 Å². The monoisotopic (exact) mass is 481 g/mol. The standard InChI is InChI=1S/C25H24FN3O4S/c1-14(23(31)28-17-10-8-16(26)9-11-17)33-18-12-6-15(7-13-18)24(32)29-25-21(22(27)30)19-4-2-3-5-20(19)34-25/h6-14H,2-5H2,1H3,(H2,27,30)(H,28,31)(H,29,32). The van der Waals surface area contributed by atoms with Gasteiger partial charge in [-0.15, -0.1) is 11.3 Å². The molecular formula is C25H24FN3O4S. The third-order valence-corrected chi connectivity index (χ3v) is 6.76. The fourth-order valence-electron chi connectivity index (χ4n) is 3.81. The number of rotatable bonds is 7. The molecule has 1 aliphatic rings. The first-order valence-corrected chi connectivity index (χ1v) is 11.7. The van der Waals surface area contributed by atoms with Gasteiger partial charge in [-0.1, -0.05) is 0 Å². The number of fused-ring (bicyclic) bond motifs is 1. The number of halogens is 1. The third-order valence-electron chi connectivity index (χ3n) is 5.56. The Hall–Kier alpha value is -3.72. The highest BCUT2D eigenvalue weighted by Crippen LogP contribution is 2.38. The molecule has 0 aliphatic heterocycles. The van der Waals surface area contributed by atoms with Crippen LogP contribution in [0.1, 0.15) is 50.9 Å². The summed E-state index contributed by atoms with van der Waals surface area (Å²) >= 11 is 1.41. The Morgan fingerprint density at radius 1 is 1.00 bits per heavy atom. The molecule has 0 radical (unpaired) electrons. The predicted octanol–water partition coefficient (Wildman–Crippen LogP) is 4.52. The van der Waals surface area contributed by atoms with Crippen LogP contribution < -0.4 is 21.1 Å². The van der Waals surface area contributed by atoms with Gasteiger partial charge < -0.3 is 21.1 Å². The summed E-state index contributed by atoms with van der Waals surface area (Å²) in [5.41, 5.74) is 7.79. The van der Waals surface area contributed by atoms with Gasteiger partial charge in [0, 0.05) is 16.1 Å². The zero-order valence-electron chi connectivity index (χ0n) is 18.5. The molecule has 0 bridgehead atoms. The number of primary amides is 1. The maximum atomic E-state index is 13.0. The first kappa shape index (κ1) is 23.4. The molecule has 0 spiro atoms. The van der Waals surface area contributed by atoms with Gasteiger partial charge in [-0.2, -0.15) is 0 Å². The van der Waals surface area contributed by atoms with Crippen molar-refractivity contribution in [3.05, 3.63) is 75.9 Å². The summed E-state index contributed by atoms with van der Waals surface area (Å²) in [6.45, 7) is 1.59. The Morgan fingerprint density at radius 3 is 2.35 bits per heavy atom. The Kier molecular flexibility index (Phi) is 6.93. The van der Waals surface area contributed by atoms with Crippen molar-refractivity contribution in [2.45, 2.75) is 38.7 Å². The topological polar surface area (TPSA) is 111 Å². The zero-order valence-corrected chi connectivity index (χ0v) is 19.3. The highest BCUT2D eigenvalue weighted by molar-refractivity contribution is 7.17. The molecule has 1 heterocycles. The summed E-state index contributed by atoms with van der Waals surface area (Å²) in [4.78, 5) is 38.2. The van der Waals surface area contributed by atoms with Crippen molar-refractivity contribution in [2.24, 2.45) is 5.73 Å². The number of benzene rings is 2. The number of carbonyl (C=O) groups excluding carboxylic acids is 3. The van der Waals surface area contributed by atoms with E-state index in [1.54, 1.807) is 31.2 Å². The van der Waals surface area contributed by atoms with Gasteiger partial charge >= 0.3 is 0 Å². The van der Waals surface area contributed by atoms with Crippen LogP contribution in [0.25, 0.3) is 0 Å². The van der Waals surface area contributed by atoms with Crippen LogP contribution in [0.15, 0.2) is 48.5 Å². The van der Waals surface area contributed by atoms with E-state index in [2.05, 4.69) is 10.6 Å². The largest absolute Gasteiger partial charge is 0.481 e. The molecule has 4 N–H and O–H groups in total. The van der Waals surface area contributed by atoms with Gasteiger partial charge in [0.1, 0.15) is 16.6 Å². The van der Waals surface area contributed by atoms with Gasteiger partial charge in [0.05, 0.1) is 5.56 Å². The molecule has 3 amide bonds. The van der Waals surface area contributed by atoms with Gasteiger partial charge in [-0.05, 0) is 86.7 Å². The van der Waals surface area contributed by atoms with Crippen molar-refractivity contribution in [3.63, 3.8) is 0 Å². The normalized spacial score (nSPS) is 13.5. The van der Waals surface area contributed by atoms with E-state index in [4.69, 9.17) is 10.5 Å². The van der Waals surface area contributed by atoms with Crippen LogP contribution in [0.5, 0.6) is 5.75 Å². The van der Waals surface area contributed by atoms with E-state index in [1.165, 1.54) is 35.6 Å². The van der Waals surface area contributed by atoms with E-state index in [0.29, 0.717) is 27.6 Å². The molecule has 1 aliphatic carbocycles. The average Bonchev–Trinajstić information content (AvgIpc) is 3.19. The number of amides is 3. The van der Waals surface area contributed by atoms with E-state index >= 15 is 0 Å². The van der Waals surface area contributed by atoms with Crippen LogP contribution in [0.2, 0.25) is 0 Å². The number of hydrogen-bond donors (Lipinski definition) is 3. The maximum absolute atomic E-state index is 13.0. The molecule has 2 aromatic carbocycles. The molecule has 7 nitrogen and oxygen atoms in total. The number of nitrogens with one attached hydrogen (secondary N) is 2. The second-order valence-electron chi connectivity index (χ2n) is 8.01. The van der Waals surface area contributed by atoms with E-state index in [-0.39, 0.29) is 5.91 Å². The Labute approximate surface area is 200 Å². The molecule has 1 aromatic heterocycles. The van der Waals surface area contributed by atoms with Crippen molar-refractivity contribution in [1.82, 2.24) is 0 Å². The average molecular weight is 482 g/mol. The molecule has 9 heteroatoms. The number of anilines is 2. The molecule has 4 rings (SSSR count). The summed E-state index contributed by atoms with van der Waals surface area (Å²) in [5.74, 6) is -1.28. The first-order valence-electron chi connectivity index (χ1n) is 10.9. The molecule has 0 saturated heterocycles. The highest BCUT2D eigenvalue weighted by Gasteiger charge is 2.25. The van der Waals surface area contributed by atoms with Crippen LogP contribution in [0, 0.1) is 5.82 Å². The fraction of sp³-hybridized carbons (Fsp3) is 0.240.